The van der Waals surface area contributed by atoms with E-state index in [0.29, 0.717) is 11.5 Å². The fourth-order valence-corrected chi connectivity index (χ4v) is 2.51. The van der Waals surface area contributed by atoms with Crippen molar-refractivity contribution in [3.8, 4) is 28.7 Å². The maximum atomic E-state index is 11.5. The molecule has 0 unspecified atom stereocenters. The van der Waals surface area contributed by atoms with Crippen LogP contribution in [0.3, 0.4) is 0 Å². The van der Waals surface area contributed by atoms with Gasteiger partial charge in [0.2, 0.25) is 0 Å². The lowest BCUT2D eigenvalue weighted by Crippen LogP contribution is -2.12. The van der Waals surface area contributed by atoms with E-state index in [1.165, 1.54) is 18.2 Å². The third kappa shape index (κ3) is 2.91. The van der Waals surface area contributed by atoms with E-state index in [0.717, 1.165) is 4.57 Å². The van der Waals surface area contributed by atoms with Crippen LogP contribution in [0.4, 0.5) is 0 Å². The number of para-hydroxylation sites is 1. The lowest BCUT2D eigenvalue weighted by Gasteiger charge is -2.11. The minimum Gasteiger partial charge on any atom is -0.503 e. The summed E-state index contributed by atoms with van der Waals surface area (Å²) in [5.74, 6) is -4.40. The Bertz CT molecular complexity index is 955. The highest BCUT2D eigenvalue weighted by molar-refractivity contribution is 5.99. The Morgan fingerprint density at radius 2 is 1.31 bits per heavy atom. The summed E-state index contributed by atoms with van der Waals surface area (Å²) in [6, 6.07) is 14.7. The second-order valence-electron chi connectivity index (χ2n) is 5.25. The molecule has 26 heavy (non-hydrogen) atoms. The van der Waals surface area contributed by atoms with Crippen LogP contribution in [0.2, 0.25) is 0 Å². The van der Waals surface area contributed by atoms with E-state index >= 15 is 0 Å². The first-order chi connectivity index (χ1) is 12.4. The molecule has 0 fully saturated rings. The van der Waals surface area contributed by atoms with E-state index in [4.69, 9.17) is 4.74 Å². The monoisotopic (exact) mass is 355 g/mol. The van der Waals surface area contributed by atoms with Gasteiger partial charge in [-0.15, -0.1) is 0 Å². The maximum Gasteiger partial charge on any atom is 0.356 e. The molecule has 1 aromatic heterocycles. The molecule has 0 spiro atoms. The number of ether oxygens (including phenoxy) is 1. The third-order valence-corrected chi connectivity index (χ3v) is 3.58. The molecule has 0 radical (unpaired) electrons. The van der Waals surface area contributed by atoms with Crippen LogP contribution >= 0.6 is 0 Å². The molecule has 8 heteroatoms. The van der Waals surface area contributed by atoms with Crippen molar-refractivity contribution in [2.45, 2.75) is 0 Å². The van der Waals surface area contributed by atoms with Crippen LogP contribution in [0, 0.1) is 0 Å². The molecule has 0 saturated carbocycles. The molecular weight excluding hydrogens is 342 g/mol. The van der Waals surface area contributed by atoms with E-state index in [2.05, 4.69) is 0 Å². The first-order valence-corrected chi connectivity index (χ1v) is 7.36. The van der Waals surface area contributed by atoms with Crippen LogP contribution in [-0.4, -0.2) is 36.9 Å². The molecule has 1 heterocycles. The molecule has 3 aromatic rings. The zero-order valence-electron chi connectivity index (χ0n) is 13.2. The Kier molecular flexibility index (Phi) is 4.24. The quantitative estimate of drug-likeness (QED) is 0.553. The number of nitrogens with zero attached hydrogens (tertiary/aromatic N) is 1. The molecule has 0 aliphatic heterocycles. The van der Waals surface area contributed by atoms with Gasteiger partial charge in [-0.1, -0.05) is 24.3 Å². The SMILES string of the molecule is O=C(O)c1c(O)c(O)c(C(=O)O)n1-c1cccc(Oc2ccccc2)c1. The van der Waals surface area contributed by atoms with Crippen molar-refractivity contribution in [1.29, 1.82) is 0 Å². The van der Waals surface area contributed by atoms with Crippen LogP contribution in [0.25, 0.3) is 5.69 Å². The van der Waals surface area contributed by atoms with Crippen LogP contribution in [0.15, 0.2) is 54.6 Å². The van der Waals surface area contributed by atoms with Crippen molar-refractivity contribution < 1.29 is 34.8 Å². The van der Waals surface area contributed by atoms with Gasteiger partial charge in [0, 0.05) is 6.07 Å². The Hall–Kier alpha value is -3.94. The normalized spacial score (nSPS) is 10.5. The highest BCUT2D eigenvalue weighted by Crippen LogP contribution is 2.38. The maximum absolute atomic E-state index is 11.5. The molecule has 0 bridgehead atoms. The van der Waals surface area contributed by atoms with Gasteiger partial charge in [-0.2, -0.15) is 0 Å². The van der Waals surface area contributed by atoms with Gasteiger partial charge in [-0.05, 0) is 24.3 Å². The molecule has 0 saturated heterocycles. The third-order valence-electron chi connectivity index (χ3n) is 3.58. The van der Waals surface area contributed by atoms with Gasteiger partial charge in [-0.25, -0.2) is 9.59 Å². The average molecular weight is 355 g/mol. The van der Waals surface area contributed by atoms with Gasteiger partial charge in [0.05, 0.1) is 5.69 Å². The number of aromatic hydroxyl groups is 2. The molecule has 8 nitrogen and oxygen atoms in total. The van der Waals surface area contributed by atoms with Crippen molar-refractivity contribution in [2.75, 3.05) is 0 Å². The van der Waals surface area contributed by atoms with Crippen molar-refractivity contribution in [3.05, 3.63) is 66.0 Å². The predicted octanol–water partition coefficient (Wildman–Crippen LogP) is 3.08. The number of carbonyl (C=O) groups is 2. The minimum absolute atomic E-state index is 0.0869. The minimum atomic E-state index is -1.60. The molecule has 3 rings (SSSR count). The zero-order valence-corrected chi connectivity index (χ0v) is 13.2. The highest BCUT2D eigenvalue weighted by atomic mass is 16.5. The molecule has 2 aromatic carbocycles. The van der Waals surface area contributed by atoms with Crippen LogP contribution in [0.1, 0.15) is 21.0 Å². The topological polar surface area (TPSA) is 129 Å². The van der Waals surface area contributed by atoms with Gasteiger partial charge in [0.15, 0.2) is 22.9 Å². The van der Waals surface area contributed by atoms with Crippen molar-refractivity contribution >= 4 is 11.9 Å². The first-order valence-electron chi connectivity index (χ1n) is 7.36. The summed E-state index contributed by atoms with van der Waals surface area (Å²) in [5.41, 5.74) is -1.45. The Morgan fingerprint density at radius 1 is 0.769 bits per heavy atom. The summed E-state index contributed by atoms with van der Waals surface area (Å²) in [6.07, 6.45) is 0. The Labute approximate surface area is 146 Å². The van der Waals surface area contributed by atoms with Crippen molar-refractivity contribution in [3.63, 3.8) is 0 Å². The second-order valence-corrected chi connectivity index (χ2v) is 5.25. The standard InChI is InChI=1S/C18H13NO7/c20-15-13(17(22)23)19(14(16(15)21)18(24)25)10-5-4-8-12(9-10)26-11-6-2-1-3-7-11/h1-9,20-21H,(H,22,23)(H,24,25). The fourth-order valence-electron chi connectivity index (χ4n) is 2.51. The molecule has 0 atom stereocenters. The van der Waals surface area contributed by atoms with Gasteiger partial charge in [0.25, 0.3) is 0 Å². The lowest BCUT2D eigenvalue weighted by atomic mass is 10.2. The molecule has 0 amide bonds. The summed E-state index contributed by atoms with van der Waals surface area (Å²) in [7, 11) is 0. The Morgan fingerprint density at radius 3 is 1.85 bits per heavy atom. The highest BCUT2D eigenvalue weighted by Gasteiger charge is 2.31. The smallest absolute Gasteiger partial charge is 0.356 e. The summed E-state index contributed by atoms with van der Waals surface area (Å²) >= 11 is 0. The van der Waals surface area contributed by atoms with E-state index in [1.807, 2.05) is 6.07 Å². The summed E-state index contributed by atoms with van der Waals surface area (Å²) in [4.78, 5) is 22.9. The summed E-state index contributed by atoms with van der Waals surface area (Å²) < 4.78 is 6.39. The molecule has 0 aliphatic rings. The van der Waals surface area contributed by atoms with E-state index in [9.17, 15) is 30.0 Å². The second kappa shape index (κ2) is 6.52. The number of hydrogen-bond donors (Lipinski definition) is 4. The Balaban J connectivity index is 2.15. The van der Waals surface area contributed by atoms with Gasteiger partial charge in [0.1, 0.15) is 11.5 Å². The van der Waals surface area contributed by atoms with E-state index < -0.39 is 34.8 Å². The number of aromatic nitrogens is 1. The van der Waals surface area contributed by atoms with Gasteiger partial charge in [-0.3, -0.25) is 4.57 Å². The number of aromatic carboxylic acids is 2. The summed E-state index contributed by atoms with van der Waals surface area (Å²) in [6.45, 7) is 0. The number of hydrogen-bond acceptors (Lipinski definition) is 5. The van der Waals surface area contributed by atoms with Crippen LogP contribution < -0.4 is 4.74 Å². The molecule has 0 aliphatic carbocycles. The van der Waals surface area contributed by atoms with Crippen LogP contribution in [0.5, 0.6) is 23.0 Å². The molecule has 4 N–H and O–H groups in total. The van der Waals surface area contributed by atoms with Gasteiger partial charge >= 0.3 is 11.9 Å². The van der Waals surface area contributed by atoms with E-state index in [-0.39, 0.29) is 5.69 Å². The zero-order chi connectivity index (χ0) is 18.8. The average Bonchev–Trinajstić information content (AvgIpc) is 2.88. The van der Waals surface area contributed by atoms with Crippen LogP contribution in [-0.2, 0) is 0 Å². The molecule has 132 valence electrons. The van der Waals surface area contributed by atoms with Crippen molar-refractivity contribution in [1.82, 2.24) is 4.57 Å². The number of rotatable bonds is 5. The van der Waals surface area contributed by atoms with Crippen molar-refractivity contribution in [2.24, 2.45) is 0 Å². The molecular formula is C18H13NO7. The van der Waals surface area contributed by atoms with Gasteiger partial charge < -0.3 is 25.2 Å². The predicted molar refractivity (Wildman–Crippen MR) is 89.5 cm³/mol. The fraction of sp³-hybridized carbons (Fsp3) is 0. The van der Waals surface area contributed by atoms with E-state index in [1.54, 1.807) is 30.3 Å². The lowest BCUT2D eigenvalue weighted by molar-refractivity contribution is 0.0681. The largest absolute Gasteiger partial charge is 0.503 e. The number of carboxylic acids is 2. The number of benzene rings is 2. The first kappa shape index (κ1) is 16.9. The number of carboxylic acid groups (broad SMARTS) is 2. The summed E-state index contributed by atoms with van der Waals surface area (Å²) in [5, 5.41) is 38.3.